The van der Waals surface area contributed by atoms with E-state index in [1.165, 1.54) is 11.3 Å². The minimum absolute atomic E-state index is 0. The molecule has 1 amide bonds. The Labute approximate surface area is 185 Å². The van der Waals surface area contributed by atoms with Gasteiger partial charge in [-0.25, -0.2) is 0 Å². The summed E-state index contributed by atoms with van der Waals surface area (Å²) in [5.74, 6) is 0.741. The smallest absolute Gasteiger partial charge is 0.253 e. The fourth-order valence-electron chi connectivity index (χ4n) is 2.56. The van der Waals surface area contributed by atoms with Crippen molar-refractivity contribution in [1.29, 1.82) is 0 Å². The van der Waals surface area contributed by atoms with E-state index in [9.17, 15) is 4.79 Å². The Morgan fingerprint density at radius 2 is 1.54 bits per heavy atom. The average Bonchev–Trinajstić information content (AvgIpc) is 2.68. The first-order valence-corrected chi connectivity index (χ1v) is 8.92. The number of hydrogen-bond donors (Lipinski definition) is 2. The molecule has 0 unspecified atom stereocenters. The lowest BCUT2D eigenvalue weighted by Crippen LogP contribution is -2.36. The molecule has 0 saturated carbocycles. The number of hydrogen-bond acceptors (Lipinski definition) is 3. The highest BCUT2D eigenvalue weighted by atomic mass is 127. The number of aliphatic imine (C=N–C) groups is 1. The van der Waals surface area contributed by atoms with Gasteiger partial charge in [0.15, 0.2) is 5.96 Å². The van der Waals surface area contributed by atoms with Gasteiger partial charge in [-0.15, -0.1) is 24.0 Å². The molecule has 0 saturated heterocycles. The Hall–Kier alpha value is -2.29. The highest BCUT2D eigenvalue weighted by Crippen LogP contribution is 2.13. The molecule has 7 heteroatoms. The zero-order chi connectivity index (χ0) is 19.8. The van der Waals surface area contributed by atoms with Gasteiger partial charge in [0.1, 0.15) is 0 Å². The predicted octanol–water partition coefficient (Wildman–Crippen LogP) is 2.94. The van der Waals surface area contributed by atoms with Crippen molar-refractivity contribution in [2.75, 3.05) is 40.1 Å². The van der Waals surface area contributed by atoms with Gasteiger partial charge in [0, 0.05) is 59.6 Å². The van der Waals surface area contributed by atoms with Gasteiger partial charge < -0.3 is 20.4 Å². The zero-order valence-electron chi connectivity index (χ0n) is 17.2. The number of carbonyl (C=O) groups excluding carboxylic acids is 1. The largest absolute Gasteiger partial charge is 0.378 e. The second-order valence-corrected chi connectivity index (χ2v) is 6.74. The van der Waals surface area contributed by atoms with Crippen molar-refractivity contribution >= 4 is 41.5 Å². The van der Waals surface area contributed by atoms with Crippen LogP contribution in [0.1, 0.15) is 21.5 Å². The second kappa shape index (κ2) is 11.5. The van der Waals surface area contributed by atoms with Gasteiger partial charge in [0.2, 0.25) is 0 Å². The molecule has 0 fully saturated rings. The van der Waals surface area contributed by atoms with E-state index in [4.69, 9.17) is 0 Å². The molecular formula is C21H30IN5O. The quantitative estimate of drug-likeness (QED) is 0.368. The Kier molecular flexibility index (Phi) is 9.78. The standard InChI is InChI=1S/C21H29N5O.HI/c1-22-21(24-15-17-7-6-8-19(13-17)25(2)3)23-14-16-9-11-18(12-10-16)20(27)26(4)5;/h6-13H,14-15H2,1-5H3,(H2,22,23,24);1H. The molecule has 2 N–H and O–H groups in total. The summed E-state index contributed by atoms with van der Waals surface area (Å²) >= 11 is 0. The van der Waals surface area contributed by atoms with Crippen molar-refractivity contribution in [3.8, 4) is 0 Å². The van der Waals surface area contributed by atoms with Gasteiger partial charge in [-0.1, -0.05) is 24.3 Å². The summed E-state index contributed by atoms with van der Waals surface area (Å²) in [6.45, 7) is 1.32. The maximum Gasteiger partial charge on any atom is 0.253 e. The SMILES string of the molecule is CN=C(NCc1ccc(C(=O)N(C)C)cc1)NCc1cccc(N(C)C)c1.I. The first kappa shape index (κ1) is 23.7. The molecule has 2 rings (SSSR count). The first-order valence-electron chi connectivity index (χ1n) is 8.92. The number of nitrogens with zero attached hydrogens (tertiary/aromatic N) is 3. The van der Waals surface area contributed by atoms with E-state index < -0.39 is 0 Å². The molecule has 0 aliphatic rings. The number of rotatable bonds is 6. The van der Waals surface area contributed by atoms with Crippen LogP contribution in [-0.2, 0) is 13.1 Å². The van der Waals surface area contributed by atoms with E-state index in [0.717, 1.165) is 11.5 Å². The van der Waals surface area contributed by atoms with Gasteiger partial charge in [0.05, 0.1) is 0 Å². The molecule has 0 aromatic heterocycles. The van der Waals surface area contributed by atoms with Crippen molar-refractivity contribution in [2.45, 2.75) is 13.1 Å². The van der Waals surface area contributed by atoms with Crippen LogP contribution in [0.5, 0.6) is 0 Å². The van der Waals surface area contributed by atoms with Crippen LogP contribution in [-0.4, -0.2) is 52.0 Å². The summed E-state index contributed by atoms with van der Waals surface area (Å²) in [5, 5.41) is 6.62. The lowest BCUT2D eigenvalue weighted by atomic mass is 10.1. The van der Waals surface area contributed by atoms with E-state index in [0.29, 0.717) is 18.7 Å². The summed E-state index contributed by atoms with van der Waals surface area (Å²) in [6.07, 6.45) is 0. The molecule has 0 aliphatic carbocycles. The molecule has 2 aromatic rings. The number of halogens is 1. The van der Waals surface area contributed by atoms with E-state index in [-0.39, 0.29) is 29.9 Å². The maximum atomic E-state index is 11.9. The van der Waals surface area contributed by atoms with E-state index in [2.05, 4.69) is 44.8 Å². The highest BCUT2D eigenvalue weighted by Gasteiger charge is 2.07. The Bertz CT molecular complexity index is 788. The molecular weight excluding hydrogens is 465 g/mol. The molecule has 0 atom stereocenters. The number of guanidine groups is 1. The van der Waals surface area contributed by atoms with Gasteiger partial charge in [-0.3, -0.25) is 9.79 Å². The van der Waals surface area contributed by atoms with Crippen LogP contribution in [0.15, 0.2) is 53.5 Å². The second-order valence-electron chi connectivity index (χ2n) is 6.74. The minimum Gasteiger partial charge on any atom is -0.378 e. The minimum atomic E-state index is 0. The molecule has 152 valence electrons. The first-order chi connectivity index (χ1) is 12.9. The lowest BCUT2D eigenvalue weighted by molar-refractivity contribution is 0.0827. The number of amides is 1. The van der Waals surface area contributed by atoms with Crippen LogP contribution in [0.25, 0.3) is 0 Å². The molecule has 0 heterocycles. The molecule has 28 heavy (non-hydrogen) atoms. The summed E-state index contributed by atoms with van der Waals surface area (Å²) in [7, 11) is 9.32. The predicted molar refractivity (Wildman–Crippen MR) is 128 cm³/mol. The van der Waals surface area contributed by atoms with Gasteiger partial charge in [-0.2, -0.15) is 0 Å². The molecule has 0 bridgehead atoms. The number of nitrogens with one attached hydrogen (secondary N) is 2. The highest BCUT2D eigenvalue weighted by molar-refractivity contribution is 14.0. The van der Waals surface area contributed by atoms with Crippen molar-refractivity contribution in [1.82, 2.24) is 15.5 Å². The number of carbonyl (C=O) groups is 1. The van der Waals surface area contributed by atoms with Crippen LogP contribution in [0.3, 0.4) is 0 Å². The molecule has 6 nitrogen and oxygen atoms in total. The fourth-order valence-corrected chi connectivity index (χ4v) is 2.56. The normalized spacial score (nSPS) is 10.7. The van der Waals surface area contributed by atoms with Gasteiger partial charge in [-0.05, 0) is 35.4 Å². The zero-order valence-corrected chi connectivity index (χ0v) is 19.5. The maximum absolute atomic E-state index is 11.9. The van der Waals surface area contributed by atoms with Crippen molar-refractivity contribution < 1.29 is 4.79 Å². The molecule has 0 spiro atoms. The van der Waals surface area contributed by atoms with Crippen molar-refractivity contribution in [3.05, 3.63) is 65.2 Å². The lowest BCUT2D eigenvalue weighted by Gasteiger charge is -2.15. The Balaban J connectivity index is 0.00000392. The average molecular weight is 495 g/mol. The Morgan fingerprint density at radius 3 is 2.07 bits per heavy atom. The van der Waals surface area contributed by atoms with Gasteiger partial charge >= 0.3 is 0 Å². The van der Waals surface area contributed by atoms with Crippen LogP contribution in [0.2, 0.25) is 0 Å². The topological polar surface area (TPSA) is 60.0 Å². The van der Waals surface area contributed by atoms with E-state index in [1.54, 1.807) is 26.0 Å². The summed E-state index contributed by atoms with van der Waals surface area (Å²) in [6, 6.07) is 16.0. The Morgan fingerprint density at radius 1 is 0.929 bits per heavy atom. The van der Waals surface area contributed by atoms with Gasteiger partial charge in [0.25, 0.3) is 5.91 Å². The van der Waals surface area contributed by atoms with Crippen molar-refractivity contribution in [2.24, 2.45) is 4.99 Å². The summed E-state index contributed by atoms with van der Waals surface area (Å²) in [4.78, 5) is 19.9. The van der Waals surface area contributed by atoms with Crippen LogP contribution in [0, 0.1) is 0 Å². The third-order valence-corrected chi connectivity index (χ3v) is 4.18. The van der Waals surface area contributed by atoms with Crippen molar-refractivity contribution in [3.63, 3.8) is 0 Å². The van der Waals surface area contributed by atoms with E-state index in [1.807, 2.05) is 38.4 Å². The third-order valence-electron chi connectivity index (χ3n) is 4.18. The van der Waals surface area contributed by atoms with E-state index >= 15 is 0 Å². The van der Waals surface area contributed by atoms with Crippen LogP contribution < -0.4 is 15.5 Å². The molecule has 0 radical (unpaired) electrons. The van der Waals surface area contributed by atoms with Crippen LogP contribution >= 0.6 is 24.0 Å². The summed E-state index contributed by atoms with van der Waals surface area (Å²) < 4.78 is 0. The summed E-state index contributed by atoms with van der Waals surface area (Å²) in [5.41, 5.74) is 4.13. The van der Waals surface area contributed by atoms with Crippen LogP contribution in [0.4, 0.5) is 5.69 Å². The number of benzene rings is 2. The monoisotopic (exact) mass is 495 g/mol. The number of anilines is 1. The fraction of sp³-hybridized carbons (Fsp3) is 0.333. The third kappa shape index (κ3) is 7.03. The molecule has 0 aliphatic heterocycles. The molecule has 2 aromatic carbocycles.